The Balaban J connectivity index is 2.08. The summed E-state index contributed by atoms with van der Waals surface area (Å²) in [7, 11) is 3.18. The van der Waals surface area contributed by atoms with E-state index in [1.807, 2.05) is 13.0 Å². The summed E-state index contributed by atoms with van der Waals surface area (Å²) in [5.41, 5.74) is 1.73. The van der Waals surface area contributed by atoms with Gasteiger partial charge in [-0.25, -0.2) is 0 Å². The van der Waals surface area contributed by atoms with Crippen LogP contribution >= 0.6 is 0 Å². The molecule has 1 aliphatic rings. The molecule has 0 aliphatic heterocycles. The number of methoxy groups -OCH3 is 2. The fourth-order valence-corrected chi connectivity index (χ4v) is 2.42. The minimum atomic E-state index is 0.0388. The fraction of sp³-hybridized carbons (Fsp3) is 0.438. The van der Waals surface area contributed by atoms with E-state index in [0.29, 0.717) is 23.8 Å². The van der Waals surface area contributed by atoms with E-state index < -0.39 is 0 Å². The Labute approximate surface area is 119 Å². The van der Waals surface area contributed by atoms with E-state index in [-0.39, 0.29) is 5.91 Å². The van der Waals surface area contributed by atoms with Crippen molar-refractivity contribution in [3.63, 3.8) is 0 Å². The monoisotopic (exact) mass is 275 g/mol. The number of amides is 1. The lowest BCUT2D eigenvalue weighted by atomic mass is 10.0. The Kier molecular flexibility index (Phi) is 4.66. The predicted molar refractivity (Wildman–Crippen MR) is 79.4 cm³/mol. The Morgan fingerprint density at radius 1 is 1.30 bits per heavy atom. The first-order chi connectivity index (χ1) is 9.63. The second-order valence-corrected chi connectivity index (χ2v) is 5.04. The van der Waals surface area contributed by atoms with Crippen molar-refractivity contribution in [2.75, 3.05) is 19.5 Å². The summed E-state index contributed by atoms with van der Waals surface area (Å²) >= 11 is 0. The molecule has 0 aromatic heterocycles. The average Bonchev–Trinajstić information content (AvgIpc) is 2.93. The van der Waals surface area contributed by atoms with Gasteiger partial charge >= 0.3 is 0 Å². The highest BCUT2D eigenvalue weighted by Gasteiger charge is 2.16. The second-order valence-electron chi connectivity index (χ2n) is 5.04. The van der Waals surface area contributed by atoms with Crippen molar-refractivity contribution in [2.45, 2.75) is 26.2 Å². The largest absolute Gasteiger partial charge is 0.493 e. The molecule has 2 rings (SSSR count). The second kappa shape index (κ2) is 6.46. The Morgan fingerprint density at radius 3 is 2.60 bits per heavy atom. The highest BCUT2D eigenvalue weighted by Crippen LogP contribution is 2.33. The first kappa shape index (κ1) is 14.4. The van der Waals surface area contributed by atoms with Crippen LogP contribution in [0.3, 0.4) is 0 Å². The van der Waals surface area contributed by atoms with Gasteiger partial charge in [-0.05, 0) is 37.3 Å². The van der Waals surface area contributed by atoms with Crippen molar-refractivity contribution < 1.29 is 14.3 Å². The van der Waals surface area contributed by atoms with Crippen LogP contribution in [0.2, 0.25) is 0 Å². The molecule has 0 fully saturated rings. The first-order valence-electron chi connectivity index (χ1n) is 6.83. The van der Waals surface area contributed by atoms with Crippen molar-refractivity contribution >= 4 is 11.6 Å². The molecule has 4 heteroatoms. The molecule has 0 saturated carbocycles. The van der Waals surface area contributed by atoms with E-state index in [2.05, 4.69) is 17.5 Å². The maximum Gasteiger partial charge on any atom is 0.224 e. The van der Waals surface area contributed by atoms with Gasteiger partial charge in [-0.1, -0.05) is 12.2 Å². The molecule has 0 radical (unpaired) electrons. The molecule has 1 aromatic carbocycles. The molecular formula is C16H21NO3. The lowest BCUT2D eigenvalue weighted by Crippen LogP contribution is -2.15. The standard InChI is InChI=1S/C16H21NO3/c1-11-8-14(19-2)15(20-3)10-13(11)17-16(18)9-12-6-4-5-7-12/h4,6,8,10,12H,5,7,9H2,1-3H3,(H,17,18)/t12-/m0/s1. The van der Waals surface area contributed by atoms with Crippen LogP contribution in [0.25, 0.3) is 0 Å². The molecule has 0 heterocycles. The van der Waals surface area contributed by atoms with Crippen LogP contribution in [-0.4, -0.2) is 20.1 Å². The van der Waals surface area contributed by atoms with Crippen LogP contribution in [0.15, 0.2) is 24.3 Å². The van der Waals surface area contributed by atoms with Gasteiger partial charge in [-0.2, -0.15) is 0 Å². The van der Waals surface area contributed by atoms with E-state index in [1.54, 1.807) is 20.3 Å². The normalized spacial score (nSPS) is 17.1. The summed E-state index contributed by atoms with van der Waals surface area (Å²) in [5, 5.41) is 2.95. The lowest BCUT2D eigenvalue weighted by molar-refractivity contribution is -0.116. The van der Waals surface area contributed by atoms with Crippen LogP contribution in [-0.2, 0) is 4.79 Å². The summed E-state index contributed by atoms with van der Waals surface area (Å²) in [6.45, 7) is 1.94. The number of hydrogen-bond acceptors (Lipinski definition) is 3. The van der Waals surface area contributed by atoms with Gasteiger partial charge in [0.25, 0.3) is 0 Å². The summed E-state index contributed by atoms with van der Waals surface area (Å²) in [6, 6.07) is 3.67. The number of anilines is 1. The van der Waals surface area contributed by atoms with Gasteiger partial charge in [0.05, 0.1) is 14.2 Å². The smallest absolute Gasteiger partial charge is 0.224 e. The van der Waals surface area contributed by atoms with Crippen molar-refractivity contribution in [3.8, 4) is 11.5 Å². The number of hydrogen-bond donors (Lipinski definition) is 1. The third-order valence-electron chi connectivity index (χ3n) is 3.56. The molecule has 1 N–H and O–H groups in total. The molecule has 1 aromatic rings. The highest BCUT2D eigenvalue weighted by molar-refractivity contribution is 5.92. The molecule has 0 saturated heterocycles. The van der Waals surface area contributed by atoms with E-state index in [1.165, 1.54) is 0 Å². The molecule has 0 unspecified atom stereocenters. The topological polar surface area (TPSA) is 47.6 Å². The zero-order valence-electron chi connectivity index (χ0n) is 12.2. The fourth-order valence-electron chi connectivity index (χ4n) is 2.42. The SMILES string of the molecule is COc1cc(C)c(NC(=O)C[C@H]2C=CCC2)cc1OC. The first-order valence-corrected chi connectivity index (χ1v) is 6.83. The molecule has 0 spiro atoms. The van der Waals surface area contributed by atoms with Crippen LogP contribution < -0.4 is 14.8 Å². The number of carbonyl (C=O) groups is 1. The zero-order valence-corrected chi connectivity index (χ0v) is 12.2. The number of allylic oxidation sites excluding steroid dienone is 2. The Bertz CT molecular complexity index is 523. The quantitative estimate of drug-likeness (QED) is 0.839. The van der Waals surface area contributed by atoms with Gasteiger partial charge in [0.15, 0.2) is 11.5 Å². The molecule has 0 bridgehead atoms. The van der Waals surface area contributed by atoms with Gasteiger partial charge in [-0.3, -0.25) is 4.79 Å². The third kappa shape index (κ3) is 3.32. The van der Waals surface area contributed by atoms with Gasteiger partial charge in [0.2, 0.25) is 5.91 Å². The maximum atomic E-state index is 12.1. The van der Waals surface area contributed by atoms with Crippen LogP contribution in [0.4, 0.5) is 5.69 Å². The predicted octanol–water partition coefficient (Wildman–Crippen LogP) is 3.31. The van der Waals surface area contributed by atoms with Crippen LogP contribution in [0.1, 0.15) is 24.8 Å². The van der Waals surface area contributed by atoms with Crippen LogP contribution in [0, 0.1) is 12.8 Å². The molecule has 1 aliphatic carbocycles. The van der Waals surface area contributed by atoms with Gasteiger partial charge < -0.3 is 14.8 Å². The number of benzene rings is 1. The highest BCUT2D eigenvalue weighted by atomic mass is 16.5. The van der Waals surface area contributed by atoms with Crippen molar-refractivity contribution in [3.05, 3.63) is 29.8 Å². The average molecular weight is 275 g/mol. The van der Waals surface area contributed by atoms with E-state index in [0.717, 1.165) is 24.1 Å². The third-order valence-corrected chi connectivity index (χ3v) is 3.56. The zero-order chi connectivity index (χ0) is 14.5. The van der Waals surface area contributed by atoms with Crippen molar-refractivity contribution in [1.29, 1.82) is 0 Å². The number of carbonyl (C=O) groups excluding carboxylic acids is 1. The minimum Gasteiger partial charge on any atom is -0.493 e. The van der Waals surface area contributed by atoms with Gasteiger partial charge in [0, 0.05) is 18.2 Å². The molecular weight excluding hydrogens is 254 g/mol. The Hall–Kier alpha value is -1.97. The number of rotatable bonds is 5. The summed E-state index contributed by atoms with van der Waals surface area (Å²) in [4.78, 5) is 12.1. The lowest BCUT2D eigenvalue weighted by Gasteiger charge is -2.14. The number of ether oxygens (including phenoxy) is 2. The molecule has 20 heavy (non-hydrogen) atoms. The van der Waals surface area contributed by atoms with Crippen LogP contribution in [0.5, 0.6) is 11.5 Å². The molecule has 4 nitrogen and oxygen atoms in total. The molecule has 1 amide bonds. The number of nitrogens with one attached hydrogen (secondary N) is 1. The molecule has 108 valence electrons. The van der Waals surface area contributed by atoms with E-state index in [4.69, 9.17) is 9.47 Å². The van der Waals surface area contributed by atoms with Crippen molar-refractivity contribution in [2.24, 2.45) is 5.92 Å². The minimum absolute atomic E-state index is 0.0388. The van der Waals surface area contributed by atoms with E-state index >= 15 is 0 Å². The Morgan fingerprint density at radius 2 is 2.00 bits per heavy atom. The summed E-state index contributed by atoms with van der Waals surface area (Å²) in [5.74, 6) is 1.70. The van der Waals surface area contributed by atoms with E-state index in [9.17, 15) is 4.79 Å². The summed E-state index contributed by atoms with van der Waals surface area (Å²) < 4.78 is 10.5. The van der Waals surface area contributed by atoms with Gasteiger partial charge in [0.1, 0.15) is 0 Å². The summed E-state index contributed by atoms with van der Waals surface area (Å²) in [6.07, 6.45) is 6.94. The van der Waals surface area contributed by atoms with Crippen molar-refractivity contribution in [1.82, 2.24) is 0 Å². The van der Waals surface area contributed by atoms with Gasteiger partial charge in [-0.15, -0.1) is 0 Å². The maximum absolute atomic E-state index is 12.1. The number of aryl methyl sites for hydroxylation is 1. The molecule has 1 atom stereocenters.